The van der Waals surface area contributed by atoms with Crippen LogP contribution in [0.5, 0.6) is 0 Å². The van der Waals surface area contributed by atoms with E-state index in [0.29, 0.717) is 6.04 Å². The lowest BCUT2D eigenvalue weighted by Gasteiger charge is -2.18. The Hall–Kier alpha value is -0.480. The first-order chi connectivity index (χ1) is 7.29. The minimum absolute atomic E-state index is 0.449. The summed E-state index contributed by atoms with van der Waals surface area (Å²) in [6, 6.07) is 2.55. The highest BCUT2D eigenvalue weighted by Gasteiger charge is 2.13. The van der Waals surface area contributed by atoms with Gasteiger partial charge in [0.05, 0.1) is 5.69 Å². The zero-order chi connectivity index (χ0) is 11.1. The van der Waals surface area contributed by atoms with Crippen molar-refractivity contribution in [2.75, 3.05) is 18.6 Å². The molecule has 1 unspecified atom stereocenters. The van der Waals surface area contributed by atoms with Crippen LogP contribution in [0.4, 0.5) is 0 Å². The molecule has 1 heterocycles. The third kappa shape index (κ3) is 3.87. The largest absolute Gasteiger partial charge is 0.309 e. The Morgan fingerprint density at radius 3 is 2.93 bits per heavy atom. The molecule has 0 bridgehead atoms. The van der Waals surface area contributed by atoms with E-state index in [9.17, 15) is 0 Å². The number of aromatic nitrogens is 2. The standard InChI is InChI=1S/C11H21N3S/c1-4-7-12-10(6-9-15-3)11-5-8-13-14(11)2/h5,8,10,12H,4,6-7,9H2,1-3H3. The third-order valence-electron chi connectivity index (χ3n) is 2.47. The average Bonchev–Trinajstić information content (AvgIpc) is 2.65. The van der Waals surface area contributed by atoms with Gasteiger partial charge in [-0.05, 0) is 37.5 Å². The molecule has 15 heavy (non-hydrogen) atoms. The maximum atomic E-state index is 4.22. The zero-order valence-electron chi connectivity index (χ0n) is 9.86. The van der Waals surface area contributed by atoms with Gasteiger partial charge in [-0.3, -0.25) is 4.68 Å². The van der Waals surface area contributed by atoms with Crippen LogP contribution in [0, 0.1) is 0 Å². The molecule has 0 radical (unpaired) electrons. The molecule has 0 aliphatic heterocycles. The Morgan fingerprint density at radius 1 is 1.60 bits per heavy atom. The summed E-state index contributed by atoms with van der Waals surface area (Å²) in [5.74, 6) is 1.19. The second kappa shape index (κ2) is 6.90. The summed E-state index contributed by atoms with van der Waals surface area (Å²) in [6.07, 6.45) is 6.36. The molecule has 0 saturated heterocycles. The van der Waals surface area contributed by atoms with E-state index >= 15 is 0 Å². The third-order valence-corrected chi connectivity index (χ3v) is 3.11. The van der Waals surface area contributed by atoms with Gasteiger partial charge in [0, 0.05) is 19.3 Å². The molecular formula is C11H21N3S. The molecule has 0 saturated carbocycles. The van der Waals surface area contributed by atoms with Crippen LogP contribution in [0.3, 0.4) is 0 Å². The molecule has 0 aliphatic carbocycles. The highest BCUT2D eigenvalue weighted by Crippen LogP contribution is 2.17. The molecule has 1 rings (SSSR count). The summed E-state index contributed by atoms with van der Waals surface area (Å²) in [5, 5.41) is 7.80. The molecule has 1 aromatic heterocycles. The second-order valence-electron chi connectivity index (χ2n) is 3.67. The molecule has 4 heteroatoms. The van der Waals surface area contributed by atoms with Gasteiger partial charge < -0.3 is 5.32 Å². The van der Waals surface area contributed by atoms with E-state index in [0.717, 1.165) is 6.54 Å². The Bertz CT molecular complexity index is 265. The van der Waals surface area contributed by atoms with Crippen LogP contribution in [0.2, 0.25) is 0 Å². The molecule has 0 spiro atoms. The number of nitrogens with one attached hydrogen (secondary N) is 1. The van der Waals surface area contributed by atoms with Gasteiger partial charge in [-0.25, -0.2) is 0 Å². The Labute approximate surface area is 96.6 Å². The monoisotopic (exact) mass is 227 g/mol. The van der Waals surface area contributed by atoms with Crippen LogP contribution in [0.15, 0.2) is 12.3 Å². The lowest BCUT2D eigenvalue weighted by Crippen LogP contribution is -2.24. The smallest absolute Gasteiger partial charge is 0.0550 e. The number of aryl methyl sites for hydroxylation is 1. The van der Waals surface area contributed by atoms with Gasteiger partial charge >= 0.3 is 0 Å². The fourth-order valence-corrected chi connectivity index (χ4v) is 2.11. The highest BCUT2D eigenvalue weighted by molar-refractivity contribution is 7.98. The van der Waals surface area contributed by atoms with Gasteiger partial charge in [-0.15, -0.1) is 0 Å². The van der Waals surface area contributed by atoms with Crippen molar-refractivity contribution in [2.24, 2.45) is 7.05 Å². The minimum Gasteiger partial charge on any atom is -0.309 e. The van der Waals surface area contributed by atoms with Crippen molar-refractivity contribution in [1.29, 1.82) is 0 Å². The lowest BCUT2D eigenvalue weighted by molar-refractivity contribution is 0.487. The molecule has 1 aromatic rings. The van der Waals surface area contributed by atoms with Gasteiger partial charge in [0.25, 0.3) is 0 Å². The molecule has 0 aliphatic rings. The number of thioether (sulfide) groups is 1. The van der Waals surface area contributed by atoms with E-state index in [1.807, 2.05) is 29.7 Å². The van der Waals surface area contributed by atoms with Crippen molar-refractivity contribution < 1.29 is 0 Å². The van der Waals surface area contributed by atoms with Crippen molar-refractivity contribution in [3.05, 3.63) is 18.0 Å². The molecule has 0 fully saturated rings. The van der Waals surface area contributed by atoms with E-state index in [1.165, 1.54) is 24.3 Å². The molecule has 1 atom stereocenters. The average molecular weight is 227 g/mol. The van der Waals surface area contributed by atoms with Crippen molar-refractivity contribution >= 4 is 11.8 Å². The van der Waals surface area contributed by atoms with Crippen LogP contribution in [-0.4, -0.2) is 28.3 Å². The maximum Gasteiger partial charge on any atom is 0.0550 e. The Kier molecular flexibility index (Phi) is 5.79. The van der Waals surface area contributed by atoms with Crippen molar-refractivity contribution in [2.45, 2.75) is 25.8 Å². The van der Waals surface area contributed by atoms with Crippen LogP contribution in [0.1, 0.15) is 31.5 Å². The highest BCUT2D eigenvalue weighted by atomic mass is 32.2. The van der Waals surface area contributed by atoms with Gasteiger partial charge in [-0.2, -0.15) is 16.9 Å². The van der Waals surface area contributed by atoms with Crippen molar-refractivity contribution in [3.8, 4) is 0 Å². The van der Waals surface area contributed by atoms with E-state index in [-0.39, 0.29) is 0 Å². The van der Waals surface area contributed by atoms with E-state index in [2.05, 4.69) is 29.7 Å². The molecule has 0 amide bonds. The molecular weight excluding hydrogens is 206 g/mol. The van der Waals surface area contributed by atoms with Crippen molar-refractivity contribution in [1.82, 2.24) is 15.1 Å². The zero-order valence-corrected chi connectivity index (χ0v) is 10.7. The Morgan fingerprint density at radius 2 is 2.40 bits per heavy atom. The van der Waals surface area contributed by atoms with Crippen LogP contribution >= 0.6 is 11.8 Å². The topological polar surface area (TPSA) is 29.9 Å². The predicted molar refractivity (Wildman–Crippen MR) is 67.2 cm³/mol. The van der Waals surface area contributed by atoms with Crippen LogP contribution in [-0.2, 0) is 7.05 Å². The summed E-state index contributed by atoms with van der Waals surface area (Å²) in [6.45, 7) is 3.27. The number of hydrogen-bond acceptors (Lipinski definition) is 3. The number of nitrogens with zero attached hydrogens (tertiary/aromatic N) is 2. The summed E-state index contributed by atoms with van der Waals surface area (Å²) in [5.41, 5.74) is 1.29. The normalized spacial score (nSPS) is 13.0. The Balaban J connectivity index is 2.58. The second-order valence-corrected chi connectivity index (χ2v) is 4.65. The summed E-state index contributed by atoms with van der Waals surface area (Å²) in [7, 11) is 2.01. The summed E-state index contributed by atoms with van der Waals surface area (Å²) < 4.78 is 1.97. The number of rotatable bonds is 7. The predicted octanol–water partition coefficient (Wildman–Crippen LogP) is 2.21. The fraction of sp³-hybridized carbons (Fsp3) is 0.727. The van der Waals surface area contributed by atoms with Gasteiger partial charge in [-0.1, -0.05) is 6.92 Å². The first-order valence-corrected chi connectivity index (χ1v) is 6.89. The first-order valence-electron chi connectivity index (χ1n) is 5.49. The number of hydrogen-bond donors (Lipinski definition) is 1. The van der Waals surface area contributed by atoms with Crippen LogP contribution < -0.4 is 5.32 Å². The molecule has 1 N–H and O–H groups in total. The van der Waals surface area contributed by atoms with Crippen LogP contribution in [0.25, 0.3) is 0 Å². The fourth-order valence-electron chi connectivity index (χ4n) is 1.63. The quantitative estimate of drug-likeness (QED) is 0.774. The molecule has 86 valence electrons. The molecule has 0 aromatic carbocycles. The summed E-state index contributed by atoms with van der Waals surface area (Å²) >= 11 is 1.90. The molecule has 3 nitrogen and oxygen atoms in total. The van der Waals surface area contributed by atoms with E-state index in [4.69, 9.17) is 0 Å². The maximum absolute atomic E-state index is 4.22. The van der Waals surface area contributed by atoms with Gasteiger partial charge in [0.2, 0.25) is 0 Å². The lowest BCUT2D eigenvalue weighted by atomic mass is 10.1. The van der Waals surface area contributed by atoms with E-state index < -0.39 is 0 Å². The summed E-state index contributed by atoms with van der Waals surface area (Å²) in [4.78, 5) is 0. The van der Waals surface area contributed by atoms with Crippen molar-refractivity contribution in [3.63, 3.8) is 0 Å². The van der Waals surface area contributed by atoms with Gasteiger partial charge in [0.15, 0.2) is 0 Å². The first kappa shape index (κ1) is 12.6. The van der Waals surface area contributed by atoms with E-state index in [1.54, 1.807) is 0 Å². The van der Waals surface area contributed by atoms with Gasteiger partial charge in [0.1, 0.15) is 0 Å². The SMILES string of the molecule is CCCNC(CCSC)c1ccnn1C. The minimum atomic E-state index is 0.449.